The molecule has 0 saturated carbocycles. The van der Waals surface area contributed by atoms with Crippen LogP contribution in [-0.2, 0) is 0 Å². The number of amides is 1. The molecule has 2 aromatic rings. The molecular formula is C16H16N2O2. The third kappa shape index (κ3) is 2.32. The maximum absolute atomic E-state index is 12.3. The fourth-order valence-electron chi connectivity index (χ4n) is 2.38. The Bertz CT molecular complexity index is 626. The summed E-state index contributed by atoms with van der Waals surface area (Å²) in [5.74, 6) is 0.670. The van der Waals surface area contributed by atoms with E-state index in [0.29, 0.717) is 12.1 Å². The molecule has 1 aliphatic rings. The zero-order valence-corrected chi connectivity index (χ0v) is 11.2. The van der Waals surface area contributed by atoms with E-state index in [9.17, 15) is 4.79 Å². The van der Waals surface area contributed by atoms with Crippen molar-refractivity contribution in [3.05, 3.63) is 59.7 Å². The van der Waals surface area contributed by atoms with E-state index in [2.05, 4.69) is 10.6 Å². The number of carbonyl (C=O) groups excluding carboxylic acids is 1. The average molecular weight is 268 g/mol. The van der Waals surface area contributed by atoms with Crippen LogP contribution in [-0.4, -0.2) is 19.6 Å². The van der Waals surface area contributed by atoms with Gasteiger partial charge in [-0.3, -0.25) is 4.79 Å². The van der Waals surface area contributed by atoms with E-state index in [1.807, 2.05) is 36.4 Å². The van der Waals surface area contributed by atoms with Crippen LogP contribution in [0.1, 0.15) is 22.0 Å². The molecule has 102 valence electrons. The van der Waals surface area contributed by atoms with Gasteiger partial charge >= 0.3 is 0 Å². The molecule has 0 saturated heterocycles. The van der Waals surface area contributed by atoms with Crippen LogP contribution in [0.5, 0.6) is 5.75 Å². The van der Waals surface area contributed by atoms with Crippen molar-refractivity contribution in [3.63, 3.8) is 0 Å². The molecule has 3 rings (SSSR count). The lowest BCUT2D eigenvalue weighted by atomic mass is 10.1. The highest BCUT2D eigenvalue weighted by atomic mass is 16.5. The van der Waals surface area contributed by atoms with Crippen LogP contribution < -0.4 is 15.4 Å². The summed E-state index contributed by atoms with van der Waals surface area (Å²) in [6.07, 6.45) is 0. The van der Waals surface area contributed by atoms with Gasteiger partial charge < -0.3 is 15.4 Å². The summed E-state index contributed by atoms with van der Waals surface area (Å²) in [6.45, 7) is 0.649. The predicted octanol–water partition coefficient (Wildman–Crippen LogP) is 2.59. The second-order valence-electron chi connectivity index (χ2n) is 4.73. The van der Waals surface area contributed by atoms with Gasteiger partial charge in [-0.25, -0.2) is 0 Å². The molecule has 0 spiro atoms. The van der Waals surface area contributed by atoms with Crippen LogP contribution in [0.3, 0.4) is 0 Å². The number of hydrogen-bond acceptors (Lipinski definition) is 3. The molecule has 0 aliphatic carbocycles. The van der Waals surface area contributed by atoms with Crippen LogP contribution >= 0.6 is 0 Å². The van der Waals surface area contributed by atoms with Crippen molar-refractivity contribution in [3.8, 4) is 5.75 Å². The molecule has 0 fully saturated rings. The number of fused-ring (bicyclic) bond motifs is 1. The Hall–Kier alpha value is -2.49. The van der Waals surface area contributed by atoms with Crippen molar-refractivity contribution >= 4 is 11.6 Å². The highest BCUT2D eigenvalue weighted by Gasteiger charge is 2.22. The first-order valence-corrected chi connectivity index (χ1v) is 6.55. The van der Waals surface area contributed by atoms with E-state index in [1.54, 1.807) is 19.2 Å². The molecule has 1 unspecified atom stereocenters. The maximum Gasteiger partial charge on any atom is 0.253 e. The van der Waals surface area contributed by atoms with Crippen LogP contribution in [0.4, 0.5) is 5.69 Å². The van der Waals surface area contributed by atoms with Gasteiger partial charge in [0, 0.05) is 12.6 Å². The number of carbonyl (C=O) groups is 1. The normalized spacial score (nSPS) is 17.4. The van der Waals surface area contributed by atoms with Gasteiger partial charge in [-0.1, -0.05) is 30.3 Å². The first-order chi connectivity index (χ1) is 9.78. The fourth-order valence-corrected chi connectivity index (χ4v) is 2.38. The van der Waals surface area contributed by atoms with Crippen molar-refractivity contribution in [2.75, 3.05) is 19.0 Å². The number of benzene rings is 2. The van der Waals surface area contributed by atoms with Crippen LogP contribution in [0, 0.1) is 0 Å². The lowest BCUT2D eigenvalue weighted by Gasteiger charge is -2.16. The summed E-state index contributed by atoms with van der Waals surface area (Å²) in [6, 6.07) is 15.3. The average Bonchev–Trinajstić information content (AvgIpc) is 2.67. The maximum atomic E-state index is 12.3. The molecule has 20 heavy (non-hydrogen) atoms. The quantitative estimate of drug-likeness (QED) is 0.880. The summed E-state index contributed by atoms with van der Waals surface area (Å²) in [5.41, 5.74) is 2.54. The highest BCUT2D eigenvalue weighted by molar-refractivity contribution is 6.00. The number of nitrogens with one attached hydrogen (secondary N) is 2. The van der Waals surface area contributed by atoms with E-state index in [0.717, 1.165) is 17.0 Å². The summed E-state index contributed by atoms with van der Waals surface area (Å²) >= 11 is 0. The Morgan fingerprint density at radius 1 is 1.15 bits per heavy atom. The summed E-state index contributed by atoms with van der Waals surface area (Å²) in [7, 11) is 1.62. The standard InChI is InChI=1S/C16H16N2O2/c1-20-12-7-8-13-14(9-12)17-10-15(18-16(13)19)11-5-3-2-4-6-11/h2-9,15,17H,10H2,1H3,(H,18,19). The van der Waals surface area contributed by atoms with Gasteiger partial charge in [0.05, 0.1) is 24.4 Å². The predicted molar refractivity (Wildman–Crippen MR) is 78.1 cm³/mol. The minimum Gasteiger partial charge on any atom is -0.497 e. The smallest absolute Gasteiger partial charge is 0.253 e. The highest BCUT2D eigenvalue weighted by Crippen LogP contribution is 2.26. The number of rotatable bonds is 2. The van der Waals surface area contributed by atoms with Gasteiger partial charge in [-0.2, -0.15) is 0 Å². The molecular weight excluding hydrogens is 252 g/mol. The van der Waals surface area contributed by atoms with Crippen LogP contribution in [0.25, 0.3) is 0 Å². The first kappa shape index (κ1) is 12.5. The second-order valence-corrected chi connectivity index (χ2v) is 4.73. The number of methoxy groups -OCH3 is 1. The van der Waals surface area contributed by atoms with Gasteiger partial charge in [0.15, 0.2) is 0 Å². The zero-order chi connectivity index (χ0) is 13.9. The number of anilines is 1. The molecule has 0 radical (unpaired) electrons. The summed E-state index contributed by atoms with van der Waals surface area (Å²) in [4.78, 5) is 12.3. The first-order valence-electron chi connectivity index (χ1n) is 6.55. The Morgan fingerprint density at radius 2 is 1.95 bits per heavy atom. The zero-order valence-electron chi connectivity index (χ0n) is 11.2. The molecule has 0 aromatic heterocycles. The molecule has 4 heteroatoms. The third-order valence-electron chi connectivity index (χ3n) is 3.48. The fraction of sp³-hybridized carbons (Fsp3) is 0.188. The minimum atomic E-state index is -0.0680. The van der Waals surface area contributed by atoms with E-state index in [4.69, 9.17) is 4.74 Å². The monoisotopic (exact) mass is 268 g/mol. The molecule has 1 amide bonds. The SMILES string of the molecule is COc1ccc2c(c1)NCC(c1ccccc1)NC2=O. The van der Waals surface area contributed by atoms with Crippen LogP contribution in [0.2, 0.25) is 0 Å². The largest absolute Gasteiger partial charge is 0.497 e. The van der Waals surface area contributed by atoms with Crippen molar-refractivity contribution < 1.29 is 9.53 Å². The summed E-state index contributed by atoms with van der Waals surface area (Å²) in [5, 5.41) is 6.36. The summed E-state index contributed by atoms with van der Waals surface area (Å²) < 4.78 is 5.20. The number of ether oxygens (including phenoxy) is 1. The molecule has 2 N–H and O–H groups in total. The van der Waals surface area contributed by atoms with Crippen molar-refractivity contribution in [1.82, 2.24) is 5.32 Å². The van der Waals surface area contributed by atoms with Crippen molar-refractivity contribution in [2.45, 2.75) is 6.04 Å². The third-order valence-corrected chi connectivity index (χ3v) is 3.48. The second kappa shape index (κ2) is 5.25. The van der Waals surface area contributed by atoms with Gasteiger partial charge in [-0.05, 0) is 17.7 Å². The molecule has 1 heterocycles. The van der Waals surface area contributed by atoms with Crippen LogP contribution in [0.15, 0.2) is 48.5 Å². The topological polar surface area (TPSA) is 50.4 Å². The number of hydrogen-bond donors (Lipinski definition) is 2. The lowest BCUT2D eigenvalue weighted by Crippen LogP contribution is -2.29. The van der Waals surface area contributed by atoms with Gasteiger partial charge in [0.2, 0.25) is 0 Å². The van der Waals surface area contributed by atoms with Crippen molar-refractivity contribution in [1.29, 1.82) is 0 Å². The van der Waals surface area contributed by atoms with E-state index < -0.39 is 0 Å². The Kier molecular flexibility index (Phi) is 3.29. The van der Waals surface area contributed by atoms with Gasteiger partial charge in [0.1, 0.15) is 5.75 Å². The van der Waals surface area contributed by atoms with E-state index >= 15 is 0 Å². The van der Waals surface area contributed by atoms with E-state index in [-0.39, 0.29) is 11.9 Å². The molecule has 0 bridgehead atoms. The minimum absolute atomic E-state index is 0.0397. The Labute approximate surface area is 117 Å². The molecule has 4 nitrogen and oxygen atoms in total. The molecule has 1 aliphatic heterocycles. The molecule has 2 aromatic carbocycles. The molecule has 1 atom stereocenters. The lowest BCUT2D eigenvalue weighted by molar-refractivity contribution is 0.0942. The van der Waals surface area contributed by atoms with E-state index in [1.165, 1.54) is 0 Å². The van der Waals surface area contributed by atoms with Gasteiger partial charge in [-0.15, -0.1) is 0 Å². The van der Waals surface area contributed by atoms with Gasteiger partial charge in [0.25, 0.3) is 5.91 Å². The Balaban J connectivity index is 1.90. The van der Waals surface area contributed by atoms with Crippen molar-refractivity contribution in [2.24, 2.45) is 0 Å². The Morgan fingerprint density at radius 3 is 2.70 bits per heavy atom.